The first-order valence-electron chi connectivity index (χ1n) is 7.44. The van der Waals surface area contributed by atoms with Gasteiger partial charge in [0, 0.05) is 23.9 Å². The van der Waals surface area contributed by atoms with Gasteiger partial charge >= 0.3 is 0 Å². The zero-order valence-corrected chi connectivity index (χ0v) is 13.3. The third-order valence-electron chi connectivity index (χ3n) is 3.42. The lowest BCUT2D eigenvalue weighted by molar-refractivity contribution is 0.0939. The lowest BCUT2D eigenvalue weighted by Gasteiger charge is -2.12. The van der Waals surface area contributed by atoms with Crippen molar-refractivity contribution in [1.29, 1.82) is 0 Å². The Morgan fingerprint density at radius 1 is 1.17 bits per heavy atom. The van der Waals surface area contributed by atoms with Crippen LogP contribution in [-0.4, -0.2) is 22.8 Å². The summed E-state index contributed by atoms with van der Waals surface area (Å²) in [7, 11) is 0. The highest BCUT2D eigenvalue weighted by Gasteiger charge is 2.15. The van der Waals surface area contributed by atoms with E-state index >= 15 is 0 Å². The van der Waals surface area contributed by atoms with Crippen molar-refractivity contribution in [2.24, 2.45) is 0 Å². The molecule has 24 heavy (non-hydrogen) atoms. The molecule has 0 radical (unpaired) electrons. The van der Waals surface area contributed by atoms with Gasteiger partial charge in [-0.3, -0.25) is 14.6 Å². The quantitative estimate of drug-likeness (QED) is 0.883. The standard InChI is InChI=1S/C17H17F2N3O2/c1-3-10(2)21-16(23)11-6-7-20-15(8-11)17(24)22-14-5-4-12(18)9-13(14)19/h4-10H,3H2,1-2H3,(H,21,23)(H,22,24). The van der Waals surface area contributed by atoms with E-state index in [1.54, 1.807) is 0 Å². The molecule has 1 aromatic carbocycles. The molecule has 1 atom stereocenters. The van der Waals surface area contributed by atoms with Crippen LogP contribution in [0.3, 0.4) is 0 Å². The molecule has 0 spiro atoms. The van der Waals surface area contributed by atoms with Crippen LogP contribution in [0.4, 0.5) is 14.5 Å². The zero-order valence-electron chi connectivity index (χ0n) is 13.3. The van der Waals surface area contributed by atoms with Gasteiger partial charge in [0.15, 0.2) is 0 Å². The minimum atomic E-state index is -0.894. The normalized spacial score (nSPS) is 11.7. The van der Waals surface area contributed by atoms with E-state index < -0.39 is 17.5 Å². The maximum atomic E-state index is 13.6. The molecule has 0 fully saturated rings. The van der Waals surface area contributed by atoms with Crippen molar-refractivity contribution < 1.29 is 18.4 Å². The van der Waals surface area contributed by atoms with Gasteiger partial charge in [0.05, 0.1) is 5.69 Å². The van der Waals surface area contributed by atoms with Gasteiger partial charge in [0.2, 0.25) is 0 Å². The second-order valence-corrected chi connectivity index (χ2v) is 5.29. The Balaban J connectivity index is 2.15. The van der Waals surface area contributed by atoms with Crippen LogP contribution in [0.5, 0.6) is 0 Å². The number of carbonyl (C=O) groups excluding carboxylic acids is 2. The van der Waals surface area contributed by atoms with Gasteiger partial charge in [0.25, 0.3) is 11.8 Å². The lowest BCUT2D eigenvalue weighted by Crippen LogP contribution is -2.32. The van der Waals surface area contributed by atoms with Crippen LogP contribution in [0.15, 0.2) is 36.5 Å². The fourth-order valence-corrected chi connectivity index (χ4v) is 1.88. The Morgan fingerprint density at radius 3 is 2.58 bits per heavy atom. The first-order chi connectivity index (χ1) is 11.4. The summed E-state index contributed by atoms with van der Waals surface area (Å²) in [5, 5.41) is 5.07. The number of hydrogen-bond donors (Lipinski definition) is 2. The number of anilines is 1. The van der Waals surface area contributed by atoms with Crippen molar-refractivity contribution in [2.45, 2.75) is 26.3 Å². The number of nitrogens with zero attached hydrogens (tertiary/aromatic N) is 1. The first kappa shape index (κ1) is 17.5. The Morgan fingerprint density at radius 2 is 1.92 bits per heavy atom. The maximum absolute atomic E-state index is 13.6. The lowest BCUT2D eigenvalue weighted by atomic mass is 10.2. The van der Waals surface area contributed by atoms with E-state index in [1.807, 2.05) is 13.8 Å². The highest BCUT2D eigenvalue weighted by Crippen LogP contribution is 2.16. The van der Waals surface area contributed by atoms with Crippen molar-refractivity contribution in [3.8, 4) is 0 Å². The van der Waals surface area contributed by atoms with Crippen molar-refractivity contribution in [3.63, 3.8) is 0 Å². The topological polar surface area (TPSA) is 71.1 Å². The molecule has 126 valence electrons. The minimum Gasteiger partial charge on any atom is -0.350 e. The number of nitrogens with one attached hydrogen (secondary N) is 2. The van der Waals surface area contributed by atoms with Crippen LogP contribution in [0.2, 0.25) is 0 Å². The van der Waals surface area contributed by atoms with Crippen molar-refractivity contribution >= 4 is 17.5 Å². The van der Waals surface area contributed by atoms with Crippen molar-refractivity contribution in [2.75, 3.05) is 5.32 Å². The number of aromatic nitrogens is 1. The second-order valence-electron chi connectivity index (χ2n) is 5.29. The van der Waals surface area contributed by atoms with E-state index in [2.05, 4.69) is 15.6 Å². The van der Waals surface area contributed by atoms with E-state index in [0.717, 1.165) is 18.6 Å². The highest BCUT2D eigenvalue weighted by molar-refractivity contribution is 6.04. The Bertz CT molecular complexity index is 765. The van der Waals surface area contributed by atoms with Gasteiger partial charge in [-0.15, -0.1) is 0 Å². The largest absolute Gasteiger partial charge is 0.350 e. The molecule has 1 aromatic heterocycles. The van der Waals surface area contributed by atoms with Crippen LogP contribution in [0.25, 0.3) is 0 Å². The fourth-order valence-electron chi connectivity index (χ4n) is 1.88. The van der Waals surface area contributed by atoms with Crippen LogP contribution in [0.1, 0.15) is 41.1 Å². The molecule has 2 N–H and O–H groups in total. The van der Waals surface area contributed by atoms with Gasteiger partial charge in [0.1, 0.15) is 17.3 Å². The molecule has 0 saturated heterocycles. The summed E-state index contributed by atoms with van der Waals surface area (Å²) in [5.41, 5.74) is 0.0585. The molecule has 1 heterocycles. The second kappa shape index (κ2) is 7.63. The number of pyridine rings is 1. The van der Waals surface area contributed by atoms with Crippen molar-refractivity contribution in [3.05, 3.63) is 59.4 Å². The summed E-state index contributed by atoms with van der Waals surface area (Å²) in [6.45, 7) is 3.80. The predicted octanol–water partition coefficient (Wildman–Crippen LogP) is 3.14. The van der Waals surface area contributed by atoms with Gasteiger partial charge < -0.3 is 10.6 Å². The summed E-state index contributed by atoms with van der Waals surface area (Å²) in [4.78, 5) is 28.1. The molecule has 2 rings (SSSR count). The van der Waals surface area contributed by atoms with Crippen LogP contribution < -0.4 is 10.6 Å². The van der Waals surface area contributed by atoms with Gasteiger partial charge in [-0.2, -0.15) is 0 Å². The molecule has 0 aliphatic carbocycles. The van der Waals surface area contributed by atoms with Crippen LogP contribution >= 0.6 is 0 Å². The SMILES string of the molecule is CCC(C)NC(=O)c1ccnc(C(=O)Nc2ccc(F)cc2F)c1. The Kier molecular flexibility index (Phi) is 5.57. The van der Waals surface area contributed by atoms with Crippen LogP contribution in [-0.2, 0) is 0 Å². The van der Waals surface area contributed by atoms with E-state index in [9.17, 15) is 18.4 Å². The zero-order chi connectivity index (χ0) is 17.7. The number of rotatable bonds is 5. The van der Waals surface area contributed by atoms with E-state index in [1.165, 1.54) is 18.3 Å². The molecule has 2 aromatic rings. The smallest absolute Gasteiger partial charge is 0.274 e. The molecule has 0 aliphatic heterocycles. The molecule has 0 saturated carbocycles. The number of amides is 2. The summed E-state index contributed by atoms with van der Waals surface area (Å²) < 4.78 is 26.5. The summed E-state index contributed by atoms with van der Waals surface area (Å²) in [6.07, 6.45) is 2.09. The summed E-state index contributed by atoms with van der Waals surface area (Å²) in [6, 6.07) is 5.60. The maximum Gasteiger partial charge on any atom is 0.274 e. The fraction of sp³-hybridized carbons (Fsp3) is 0.235. The summed E-state index contributed by atoms with van der Waals surface area (Å²) in [5.74, 6) is -2.66. The molecule has 2 amide bonds. The van der Waals surface area contributed by atoms with Crippen molar-refractivity contribution in [1.82, 2.24) is 10.3 Å². The Labute approximate surface area is 138 Å². The molecular weight excluding hydrogens is 316 g/mol. The average molecular weight is 333 g/mol. The molecule has 7 heteroatoms. The number of benzene rings is 1. The Hall–Kier alpha value is -2.83. The first-order valence-corrected chi connectivity index (χ1v) is 7.44. The number of halogens is 2. The monoisotopic (exact) mass is 333 g/mol. The molecule has 1 unspecified atom stereocenters. The molecular formula is C17H17F2N3O2. The highest BCUT2D eigenvalue weighted by atomic mass is 19.1. The molecule has 5 nitrogen and oxygen atoms in total. The average Bonchev–Trinajstić information content (AvgIpc) is 2.57. The van der Waals surface area contributed by atoms with E-state index in [0.29, 0.717) is 6.07 Å². The molecule has 0 aliphatic rings. The molecule has 0 bridgehead atoms. The predicted molar refractivity (Wildman–Crippen MR) is 85.8 cm³/mol. The third-order valence-corrected chi connectivity index (χ3v) is 3.42. The minimum absolute atomic E-state index is 0.00347. The number of hydrogen-bond acceptors (Lipinski definition) is 3. The van der Waals surface area contributed by atoms with Gasteiger partial charge in [-0.25, -0.2) is 8.78 Å². The van der Waals surface area contributed by atoms with Crippen LogP contribution in [0, 0.1) is 11.6 Å². The number of carbonyl (C=O) groups is 2. The van der Waals surface area contributed by atoms with E-state index in [-0.39, 0.29) is 28.9 Å². The van der Waals surface area contributed by atoms with E-state index in [4.69, 9.17) is 0 Å². The summed E-state index contributed by atoms with van der Waals surface area (Å²) >= 11 is 0. The third kappa shape index (κ3) is 4.34. The van der Waals surface area contributed by atoms with Gasteiger partial charge in [-0.1, -0.05) is 6.92 Å². The van der Waals surface area contributed by atoms with Gasteiger partial charge in [-0.05, 0) is 37.6 Å².